The Hall–Kier alpha value is -1.07. The van der Waals surface area contributed by atoms with Crippen molar-refractivity contribution >= 4 is 10.0 Å². The van der Waals surface area contributed by atoms with Gasteiger partial charge >= 0.3 is 0 Å². The van der Waals surface area contributed by atoms with E-state index in [1.807, 2.05) is 30.3 Å². The van der Waals surface area contributed by atoms with Crippen molar-refractivity contribution in [2.75, 3.05) is 5.75 Å². The second kappa shape index (κ2) is 5.71. The minimum absolute atomic E-state index is 0.0614. The number of sulfonamides is 1. The molecule has 0 aliphatic heterocycles. The van der Waals surface area contributed by atoms with Crippen LogP contribution in [0.5, 0.6) is 5.75 Å². The fraction of sp³-hybridized carbons (Fsp3) is 0.538. The third-order valence-corrected chi connectivity index (χ3v) is 4.62. The van der Waals surface area contributed by atoms with Crippen molar-refractivity contribution in [1.82, 2.24) is 4.72 Å². The van der Waals surface area contributed by atoms with E-state index >= 15 is 0 Å². The minimum atomic E-state index is -3.16. The van der Waals surface area contributed by atoms with Gasteiger partial charge in [0.15, 0.2) is 0 Å². The summed E-state index contributed by atoms with van der Waals surface area (Å²) < 4.78 is 31.7. The monoisotopic (exact) mass is 269 g/mol. The molecule has 1 saturated carbocycles. The van der Waals surface area contributed by atoms with Gasteiger partial charge < -0.3 is 4.74 Å². The van der Waals surface area contributed by atoms with E-state index in [1.165, 1.54) is 0 Å². The molecule has 1 aliphatic rings. The molecule has 0 spiro atoms. The highest BCUT2D eigenvalue weighted by atomic mass is 32.2. The minimum Gasteiger partial charge on any atom is -0.489 e. The van der Waals surface area contributed by atoms with Crippen LogP contribution in [0.4, 0.5) is 0 Å². The number of hydrogen-bond donors (Lipinski definition) is 1. The van der Waals surface area contributed by atoms with Crippen molar-refractivity contribution in [3.8, 4) is 5.75 Å². The molecule has 1 N–H and O–H groups in total. The number of benzene rings is 1. The molecule has 2 rings (SSSR count). The molecule has 0 amide bonds. The van der Waals surface area contributed by atoms with E-state index in [2.05, 4.69) is 4.72 Å². The lowest BCUT2D eigenvalue weighted by Crippen LogP contribution is -2.42. The van der Waals surface area contributed by atoms with Gasteiger partial charge in [-0.1, -0.05) is 18.2 Å². The maximum Gasteiger partial charge on any atom is 0.211 e. The van der Waals surface area contributed by atoms with Gasteiger partial charge in [-0.25, -0.2) is 13.1 Å². The largest absolute Gasteiger partial charge is 0.489 e. The van der Waals surface area contributed by atoms with Crippen molar-refractivity contribution in [2.45, 2.75) is 38.3 Å². The highest BCUT2D eigenvalue weighted by Crippen LogP contribution is 2.25. The smallest absolute Gasteiger partial charge is 0.211 e. The van der Waals surface area contributed by atoms with Gasteiger partial charge in [0, 0.05) is 0 Å². The molecule has 1 aromatic carbocycles. The molecular formula is C13H19NO3S. The summed E-state index contributed by atoms with van der Waals surface area (Å²) in [7, 11) is -3.16. The highest BCUT2D eigenvalue weighted by Gasteiger charge is 2.31. The summed E-state index contributed by atoms with van der Waals surface area (Å²) in [6, 6.07) is 9.44. The Bertz CT molecular complexity index is 472. The van der Waals surface area contributed by atoms with Crippen LogP contribution in [0.25, 0.3) is 0 Å². The summed E-state index contributed by atoms with van der Waals surface area (Å²) in [5.41, 5.74) is 0. The lowest BCUT2D eigenvalue weighted by Gasteiger charge is -2.22. The van der Waals surface area contributed by atoms with Gasteiger partial charge in [-0.3, -0.25) is 0 Å². The van der Waals surface area contributed by atoms with Crippen LogP contribution in [0.2, 0.25) is 0 Å². The Kier molecular flexibility index (Phi) is 4.24. The zero-order valence-electron chi connectivity index (χ0n) is 10.5. The second-order valence-corrected chi connectivity index (χ2v) is 6.57. The first-order valence-corrected chi connectivity index (χ1v) is 7.97. The normalized spacial score (nSPS) is 24.1. The van der Waals surface area contributed by atoms with E-state index in [-0.39, 0.29) is 17.9 Å². The third-order valence-electron chi connectivity index (χ3n) is 3.19. The summed E-state index contributed by atoms with van der Waals surface area (Å²) in [5.74, 6) is 0.909. The van der Waals surface area contributed by atoms with Gasteiger partial charge in [0.25, 0.3) is 0 Å². The van der Waals surface area contributed by atoms with Crippen LogP contribution in [0.3, 0.4) is 0 Å². The molecule has 0 aromatic heterocycles. The van der Waals surface area contributed by atoms with E-state index < -0.39 is 10.0 Å². The second-order valence-electron chi connectivity index (χ2n) is 4.53. The molecule has 0 unspecified atom stereocenters. The summed E-state index contributed by atoms with van der Waals surface area (Å²) in [6.45, 7) is 1.64. The molecule has 1 fully saturated rings. The number of ether oxygens (including phenoxy) is 1. The SMILES string of the molecule is CCS(=O)(=O)N[C@@H]1CCC[C@H]1Oc1ccccc1. The Morgan fingerprint density at radius 1 is 1.28 bits per heavy atom. The average Bonchev–Trinajstić information content (AvgIpc) is 2.77. The molecule has 5 heteroatoms. The van der Waals surface area contributed by atoms with E-state index in [9.17, 15) is 8.42 Å². The summed E-state index contributed by atoms with van der Waals surface area (Å²) in [6.07, 6.45) is 2.67. The Morgan fingerprint density at radius 3 is 2.67 bits per heavy atom. The van der Waals surface area contributed by atoms with Gasteiger partial charge in [-0.15, -0.1) is 0 Å². The maximum atomic E-state index is 11.6. The van der Waals surface area contributed by atoms with Gasteiger partial charge in [0.2, 0.25) is 10.0 Å². The Balaban J connectivity index is 2.00. The zero-order valence-corrected chi connectivity index (χ0v) is 11.3. The molecule has 100 valence electrons. The quantitative estimate of drug-likeness (QED) is 0.888. The number of rotatable bonds is 5. The van der Waals surface area contributed by atoms with E-state index in [0.717, 1.165) is 25.0 Å². The molecule has 0 saturated heterocycles. The van der Waals surface area contributed by atoms with Crippen molar-refractivity contribution < 1.29 is 13.2 Å². The van der Waals surface area contributed by atoms with Crippen LogP contribution >= 0.6 is 0 Å². The van der Waals surface area contributed by atoms with Gasteiger partial charge in [0.05, 0.1) is 11.8 Å². The molecule has 1 aromatic rings. The van der Waals surface area contributed by atoms with E-state index in [1.54, 1.807) is 6.92 Å². The van der Waals surface area contributed by atoms with Gasteiger partial charge in [-0.2, -0.15) is 0 Å². The Morgan fingerprint density at radius 2 is 2.00 bits per heavy atom. The van der Waals surface area contributed by atoms with Crippen molar-refractivity contribution in [2.24, 2.45) is 0 Å². The van der Waals surface area contributed by atoms with Crippen LogP contribution in [0.1, 0.15) is 26.2 Å². The molecular weight excluding hydrogens is 250 g/mol. The number of hydrogen-bond acceptors (Lipinski definition) is 3. The predicted molar refractivity (Wildman–Crippen MR) is 71.1 cm³/mol. The van der Waals surface area contributed by atoms with Crippen LogP contribution < -0.4 is 9.46 Å². The van der Waals surface area contributed by atoms with E-state index in [4.69, 9.17) is 4.74 Å². The molecule has 0 radical (unpaired) electrons. The highest BCUT2D eigenvalue weighted by molar-refractivity contribution is 7.89. The van der Waals surface area contributed by atoms with Crippen LogP contribution in [-0.4, -0.2) is 26.3 Å². The zero-order chi connectivity index (χ0) is 13.0. The van der Waals surface area contributed by atoms with Gasteiger partial charge in [0.1, 0.15) is 11.9 Å². The molecule has 1 aliphatic carbocycles. The van der Waals surface area contributed by atoms with Crippen molar-refractivity contribution in [3.63, 3.8) is 0 Å². The third kappa shape index (κ3) is 3.46. The first-order chi connectivity index (χ1) is 8.61. The maximum absolute atomic E-state index is 11.6. The van der Waals surface area contributed by atoms with Crippen LogP contribution in [0, 0.1) is 0 Å². The number of nitrogens with one attached hydrogen (secondary N) is 1. The molecule has 0 heterocycles. The molecule has 0 bridgehead atoms. The van der Waals surface area contributed by atoms with Gasteiger partial charge in [-0.05, 0) is 38.3 Å². The Labute approximate surface area is 108 Å². The van der Waals surface area contributed by atoms with Crippen LogP contribution in [0.15, 0.2) is 30.3 Å². The lowest BCUT2D eigenvalue weighted by atomic mass is 10.2. The summed E-state index contributed by atoms with van der Waals surface area (Å²) >= 11 is 0. The predicted octanol–water partition coefficient (Wildman–Crippen LogP) is 1.93. The van der Waals surface area contributed by atoms with Crippen molar-refractivity contribution in [3.05, 3.63) is 30.3 Å². The number of para-hydroxylation sites is 1. The summed E-state index contributed by atoms with van der Waals surface area (Å²) in [5, 5.41) is 0. The molecule has 2 atom stereocenters. The first kappa shape index (κ1) is 13.4. The molecule has 18 heavy (non-hydrogen) atoms. The van der Waals surface area contributed by atoms with Crippen molar-refractivity contribution in [1.29, 1.82) is 0 Å². The van der Waals surface area contributed by atoms with E-state index in [0.29, 0.717) is 0 Å². The standard InChI is InChI=1S/C13H19NO3S/c1-2-18(15,16)14-12-9-6-10-13(12)17-11-7-4-3-5-8-11/h3-5,7-8,12-14H,2,6,9-10H2,1H3/t12-,13-/m1/s1. The fourth-order valence-corrected chi connectivity index (χ4v) is 3.09. The summed E-state index contributed by atoms with van der Waals surface area (Å²) in [4.78, 5) is 0. The lowest BCUT2D eigenvalue weighted by molar-refractivity contribution is 0.185. The first-order valence-electron chi connectivity index (χ1n) is 6.32. The molecule has 4 nitrogen and oxygen atoms in total. The fourth-order valence-electron chi connectivity index (χ4n) is 2.19. The average molecular weight is 269 g/mol. The topological polar surface area (TPSA) is 55.4 Å². The van der Waals surface area contributed by atoms with Crippen LogP contribution in [-0.2, 0) is 10.0 Å².